The Balaban J connectivity index is 1.64. The summed E-state index contributed by atoms with van der Waals surface area (Å²) in [5, 5.41) is 15.0. The summed E-state index contributed by atoms with van der Waals surface area (Å²) in [6, 6.07) is 8.33. The van der Waals surface area contributed by atoms with Crippen LogP contribution in [0, 0.1) is 17.0 Å². The standard InChI is InChI=1S/C20H19F3N6O2/c1-13-10-18(26-19(25-13)14-4-2-5-15(11-14)29(30)31)27-9-3-6-16(12-27)28-17(7-8-24-28)20(21,22)23/h2,4-5,7-8,10-11,16H,3,6,9,12H2,1H3/t16-/m1/s1. The number of rotatable bonds is 4. The average Bonchev–Trinajstić information content (AvgIpc) is 3.24. The minimum absolute atomic E-state index is 0.0689. The van der Waals surface area contributed by atoms with E-state index in [1.807, 2.05) is 4.90 Å². The zero-order chi connectivity index (χ0) is 22.2. The van der Waals surface area contributed by atoms with Crippen molar-refractivity contribution < 1.29 is 18.1 Å². The van der Waals surface area contributed by atoms with Gasteiger partial charge < -0.3 is 4.90 Å². The Morgan fingerprint density at radius 1 is 1.19 bits per heavy atom. The number of hydrogen-bond donors (Lipinski definition) is 0. The lowest BCUT2D eigenvalue weighted by atomic mass is 10.1. The molecule has 31 heavy (non-hydrogen) atoms. The Kier molecular flexibility index (Phi) is 5.34. The second kappa shape index (κ2) is 7.97. The largest absolute Gasteiger partial charge is 0.433 e. The molecule has 0 spiro atoms. The SMILES string of the molecule is Cc1cc(N2CCC[C@@H](n3nccc3C(F)(F)F)C2)nc(-c2cccc([N+](=O)[O-])c2)n1. The molecule has 0 bridgehead atoms. The molecule has 0 radical (unpaired) electrons. The summed E-state index contributed by atoms with van der Waals surface area (Å²) in [4.78, 5) is 21.4. The minimum Gasteiger partial charge on any atom is -0.354 e. The number of aromatic nitrogens is 4. The van der Waals surface area contributed by atoms with Crippen LogP contribution in [0.15, 0.2) is 42.6 Å². The molecule has 1 aliphatic rings. The molecule has 3 aromatic rings. The van der Waals surface area contributed by atoms with Crippen molar-refractivity contribution in [3.63, 3.8) is 0 Å². The van der Waals surface area contributed by atoms with E-state index >= 15 is 0 Å². The number of nitro groups is 1. The van der Waals surface area contributed by atoms with Crippen LogP contribution in [0.4, 0.5) is 24.7 Å². The molecule has 0 unspecified atom stereocenters. The smallest absolute Gasteiger partial charge is 0.354 e. The fraction of sp³-hybridized carbons (Fsp3) is 0.350. The van der Waals surface area contributed by atoms with Crippen molar-refractivity contribution in [3.05, 3.63) is 64.1 Å². The van der Waals surface area contributed by atoms with E-state index in [0.29, 0.717) is 48.8 Å². The van der Waals surface area contributed by atoms with Gasteiger partial charge in [-0.2, -0.15) is 18.3 Å². The maximum absolute atomic E-state index is 13.3. The van der Waals surface area contributed by atoms with Gasteiger partial charge in [-0.25, -0.2) is 9.97 Å². The molecule has 11 heteroatoms. The van der Waals surface area contributed by atoms with Gasteiger partial charge in [0.15, 0.2) is 5.82 Å². The van der Waals surface area contributed by atoms with Gasteiger partial charge in [0.2, 0.25) is 0 Å². The third-order valence-electron chi connectivity index (χ3n) is 5.18. The van der Waals surface area contributed by atoms with Gasteiger partial charge in [-0.15, -0.1) is 0 Å². The van der Waals surface area contributed by atoms with Crippen LogP contribution in [0.2, 0.25) is 0 Å². The number of alkyl halides is 3. The minimum atomic E-state index is -4.47. The molecule has 0 N–H and O–H groups in total. The summed E-state index contributed by atoms with van der Waals surface area (Å²) >= 11 is 0. The number of halogens is 3. The second-order valence-corrected chi connectivity index (χ2v) is 7.40. The van der Waals surface area contributed by atoms with E-state index in [2.05, 4.69) is 15.1 Å². The molecular formula is C20H19F3N6O2. The van der Waals surface area contributed by atoms with Gasteiger partial charge >= 0.3 is 6.18 Å². The molecule has 8 nitrogen and oxygen atoms in total. The van der Waals surface area contributed by atoms with Gasteiger partial charge in [-0.3, -0.25) is 14.8 Å². The molecule has 1 aromatic carbocycles. The van der Waals surface area contributed by atoms with Gasteiger partial charge in [-0.05, 0) is 25.8 Å². The van der Waals surface area contributed by atoms with Crippen molar-refractivity contribution in [2.75, 3.05) is 18.0 Å². The van der Waals surface area contributed by atoms with Gasteiger partial charge in [0, 0.05) is 48.7 Å². The predicted octanol–water partition coefficient (Wildman–Crippen LogP) is 4.42. The molecule has 162 valence electrons. The highest BCUT2D eigenvalue weighted by molar-refractivity contribution is 5.61. The van der Waals surface area contributed by atoms with E-state index in [1.54, 1.807) is 25.1 Å². The van der Waals surface area contributed by atoms with Crippen molar-refractivity contribution >= 4 is 11.5 Å². The lowest BCUT2D eigenvalue weighted by molar-refractivity contribution is -0.384. The molecule has 0 aliphatic carbocycles. The summed E-state index contributed by atoms with van der Waals surface area (Å²) < 4.78 is 40.9. The molecule has 0 saturated carbocycles. The lowest BCUT2D eigenvalue weighted by Gasteiger charge is -2.34. The summed E-state index contributed by atoms with van der Waals surface area (Å²) in [6.07, 6.45) is -2.06. The number of hydrogen-bond acceptors (Lipinski definition) is 6. The van der Waals surface area contributed by atoms with Crippen LogP contribution in [-0.4, -0.2) is 37.8 Å². The fourth-order valence-electron chi connectivity index (χ4n) is 3.79. The quantitative estimate of drug-likeness (QED) is 0.448. The fourth-order valence-corrected chi connectivity index (χ4v) is 3.79. The monoisotopic (exact) mass is 432 g/mol. The molecular weight excluding hydrogens is 413 g/mol. The van der Waals surface area contributed by atoms with Crippen LogP contribution in [0.1, 0.15) is 30.3 Å². The summed E-state index contributed by atoms with van der Waals surface area (Å²) in [6.45, 7) is 2.72. The van der Waals surface area contributed by atoms with Crippen LogP contribution in [0.25, 0.3) is 11.4 Å². The van der Waals surface area contributed by atoms with Crippen molar-refractivity contribution in [1.82, 2.24) is 19.7 Å². The Morgan fingerprint density at radius 3 is 2.74 bits per heavy atom. The maximum Gasteiger partial charge on any atom is 0.433 e. The van der Waals surface area contributed by atoms with E-state index in [1.165, 1.54) is 12.1 Å². The normalized spacial score (nSPS) is 17.0. The topological polar surface area (TPSA) is 90.0 Å². The summed E-state index contributed by atoms with van der Waals surface area (Å²) in [5.74, 6) is 0.898. The summed E-state index contributed by atoms with van der Waals surface area (Å²) in [7, 11) is 0. The lowest BCUT2D eigenvalue weighted by Crippen LogP contribution is -2.38. The highest BCUT2D eigenvalue weighted by Gasteiger charge is 2.37. The third kappa shape index (κ3) is 4.35. The molecule has 1 atom stereocenters. The van der Waals surface area contributed by atoms with Crippen molar-refractivity contribution in [1.29, 1.82) is 0 Å². The summed E-state index contributed by atoms with van der Waals surface area (Å²) in [5.41, 5.74) is 0.318. The first-order valence-electron chi connectivity index (χ1n) is 9.68. The molecule has 3 heterocycles. The number of nitro benzene ring substituents is 1. The Morgan fingerprint density at radius 2 is 2.00 bits per heavy atom. The van der Waals surface area contributed by atoms with Crippen LogP contribution < -0.4 is 4.90 Å². The highest BCUT2D eigenvalue weighted by Crippen LogP contribution is 2.34. The van der Waals surface area contributed by atoms with Crippen molar-refractivity contribution in [2.45, 2.75) is 32.0 Å². The van der Waals surface area contributed by atoms with Crippen molar-refractivity contribution in [2.24, 2.45) is 0 Å². The van der Waals surface area contributed by atoms with E-state index in [9.17, 15) is 23.3 Å². The Hall–Kier alpha value is -3.50. The molecule has 4 rings (SSSR count). The van der Waals surface area contributed by atoms with Crippen molar-refractivity contribution in [3.8, 4) is 11.4 Å². The average molecular weight is 432 g/mol. The molecule has 1 fully saturated rings. The number of piperidine rings is 1. The van der Waals surface area contributed by atoms with Gasteiger partial charge in [0.05, 0.1) is 11.0 Å². The van der Waals surface area contributed by atoms with E-state index < -0.39 is 22.8 Å². The van der Waals surface area contributed by atoms with Crippen LogP contribution in [0.3, 0.4) is 0 Å². The van der Waals surface area contributed by atoms with Gasteiger partial charge in [0.1, 0.15) is 11.5 Å². The molecule has 0 amide bonds. The van der Waals surface area contributed by atoms with Crippen LogP contribution in [0.5, 0.6) is 0 Å². The Labute approximate surface area is 175 Å². The number of anilines is 1. The first-order valence-corrected chi connectivity index (χ1v) is 9.68. The second-order valence-electron chi connectivity index (χ2n) is 7.40. The highest BCUT2D eigenvalue weighted by atomic mass is 19.4. The molecule has 1 saturated heterocycles. The molecule has 2 aromatic heterocycles. The zero-order valence-corrected chi connectivity index (χ0v) is 16.6. The van der Waals surface area contributed by atoms with E-state index in [0.717, 1.165) is 16.9 Å². The zero-order valence-electron chi connectivity index (χ0n) is 16.6. The first kappa shape index (κ1) is 20.8. The maximum atomic E-state index is 13.3. The van der Waals surface area contributed by atoms with E-state index in [4.69, 9.17) is 0 Å². The van der Waals surface area contributed by atoms with Gasteiger partial charge in [0.25, 0.3) is 5.69 Å². The number of benzene rings is 1. The van der Waals surface area contributed by atoms with Crippen LogP contribution >= 0.6 is 0 Å². The third-order valence-corrected chi connectivity index (χ3v) is 5.18. The predicted molar refractivity (Wildman–Crippen MR) is 107 cm³/mol. The number of nitrogens with zero attached hydrogens (tertiary/aromatic N) is 6. The van der Waals surface area contributed by atoms with Gasteiger partial charge in [-0.1, -0.05) is 12.1 Å². The van der Waals surface area contributed by atoms with E-state index in [-0.39, 0.29) is 5.69 Å². The number of non-ortho nitro benzene ring substituents is 1. The van der Waals surface area contributed by atoms with Crippen LogP contribution in [-0.2, 0) is 6.18 Å². The molecule has 1 aliphatic heterocycles. The number of aryl methyl sites for hydroxylation is 1. The first-order chi connectivity index (χ1) is 14.7. The Bertz CT molecular complexity index is 1110.